The minimum absolute atomic E-state index is 0.154. The van der Waals surface area contributed by atoms with Gasteiger partial charge in [0.1, 0.15) is 10.4 Å². The van der Waals surface area contributed by atoms with Crippen LogP contribution in [0.1, 0.15) is 48.9 Å². The van der Waals surface area contributed by atoms with Crippen LogP contribution in [0.2, 0.25) is 0 Å². The average molecular weight is 441 g/mol. The highest BCUT2D eigenvalue weighted by Gasteiger charge is 2.35. The predicted molar refractivity (Wildman–Crippen MR) is 118 cm³/mol. The van der Waals surface area contributed by atoms with Crippen LogP contribution >= 0.6 is 0 Å². The van der Waals surface area contributed by atoms with Crippen molar-refractivity contribution in [3.8, 4) is 0 Å². The van der Waals surface area contributed by atoms with E-state index < -0.39 is 10.0 Å². The van der Waals surface area contributed by atoms with E-state index in [2.05, 4.69) is 41.2 Å². The fourth-order valence-corrected chi connectivity index (χ4v) is 6.62. The number of rotatable bonds is 7. The van der Waals surface area contributed by atoms with E-state index in [0.717, 1.165) is 37.1 Å². The molecule has 3 aromatic rings. The van der Waals surface area contributed by atoms with E-state index >= 15 is 0 Å². The van der Waals surface area contributed by atoms with Gasteiger partial charge in [0.2, 0.25) is 10.0 Å². The first-order valence-electron chi connectivity index (χ1n) is 11.1. The van der Waals surface area contributed by atoms with Crippen LogP contribution in [0.5, 0.6) is 0 Å². The molecule has 0 atom stereocenters. The highest BCUT2D eigenvalue weighted by Crippen LogP contribution is 2.35. The van der Waals surface area contributed by atoms with Gasteiger partial charge in [0, 0.05) is 19.1 Å². The Kier molecular flexibility index (Phi) is 5.32. The molecule has 0 saturated carbocycles. The number of nitrogens with zero attached hydrogens (tertiary/aromatic N) is 4. The third-order valence-electron chi connectivity index (χ3n) is 6.53. The van der Waals surface area contributed by atoms with Gasteiger partial charge in [-0.25, -0.2) is 13.0 Å². The van der Waals surface area contributed by atoms with Gasteiger partial charge < -0.3 is 0 Å². The molecule has 1 aromatic heterocycles. The summed E-state index contributed by atoms with van der Waals surface area (Å²) in [5.41, 5.74) is 5.73. The second-order valence-electron chi connectivity index (χ2n) is 8.65. The molecule has 0 radical (unpaired) electrons. The summed E-state index contributed by atoms with van der Waals surface area (Å²) < 4.78 is 33.0. The predicted octanol–water partition coefficient (Wildman–Crippen LogP) is 3.52. The summed E-state index contributed by atoms with van der Waals surface area (Å²) in [5, 5.41) is 7.59. The molecule has 0 N–H and O–H groups in total. The van der Waals surface area contributed by atoms with Gasteiger partial charge in [0.25, 0.3) is 0 Å². The molecule has 1 aliphatic carbocycles. The maximum absolute atomic E-state index is 13.4. The Labute approximate surface area is 183 Å². The van der Waals surface area contributed by atoms with Crippen LogP contribution in [0.3, 0.4) is 0 Å². The molecule has 31 heavy (non-hydrogen) atoms. The molecule has 2 heterocycles. The Bertz CT molecular complexity index is 1180. The minimum atomic E-state index is -3.69. The van der Waals surface area contributed by atoms with Crippen molar-refractivity contribution in [3.63, 3.8) is 0 Å². The third kappa shape index (κ3) is 3.56. The van der Waals surface area contributed by atoms with Crippen molar-refractivity contribution in [2.75, 3.05) is 13.1 Å². The summed E-state index contributed by atoms with van der Waals surface area (Å²) in [7, 11) is -3.69. The second-order valence-corrected chi connectivity index (χ2v) is 10.6. The molecule has 2 aliphatic rings. The lowest BCUT2D eigenvalue weighted by Crippen LogP contribution is -2.37. The molecule has 0 unspecified atom stereocenters. The van der Waals surface area contributed by atoms with Crippen molar-refractivity contribution < 1.29 is 13.0 Å². The van der Waals surface area contributed by atoms with Gasteiger partial charge in [-0.15, -0.1) is 0 Å². The number of hydrogen-bond acceptors (Lipinski definition) is 6. The monoisotopic (exact) mass is 440 g/mol. The first kappa shape index (κ1) is 20.6. The summed E-state index contributed by atoms with van der Waals surface area (Å²) >= 11 is 0. The molecule has 7 nitrogen and oxygen atoms in total. The zero-order valence-corrected chi connectivity index (χ0v) is 18.9. The number of hydrogen-bond donors (Lipinski definition) is 0. The molecule has 164 valence electrons. The van der Waals surface area contributed by atoms with E-state index in [0.29, 0.717) is 24.6 Å². The Hall–Kier alpha value is -2.29. The van der Waals surface area contributed by atoms with E-state index in [4.69, 9.17) is 4.63 Å². The van der Waals surface area contributed by atoms with E-state index in [-0.39, 0.29) is 10.4 Å². The lowest BCUT2D eigenvalue weighted by atomic mass is 10.0. The Morgan fingerprint density at radius 1 is 1.00 bits per heavy atom. The van der Waals surface area contributed by atoms with Crippen LogP contribution in [0, 0.1) is 0 Å². The summed E-state index contributed by atoms with van der Waals surface area (Å²) in [6.07, 6.45) is 4.45. The van der Waals surface area contributed by atoms with E-state index in [1.165, 1.54) is 28.3 Å². The van der Waals surface area contributed by atoms with Crippen molar-refractivity contribution in [2.24, 2.45) is 0 Å². The Morgan fingerprint density at radius 3 is 2.26 bits per heavy atom. The lowest BCUT2D eigenvalue weighted by Gasteiger charge is -2.27. The van der Waals surface area contributed by atoms with Crippen LogP contribution in [-0.4, -0.2) is 47.1 Å². The van der Waals surface area contributed by atoms with Crippen LogP contribution in [0.15, 0.2) is 39.9 Å². The standard InChI is InChI=1S/C23H28N4O3S/c1-3-8-26(9-4-2)20-12-16-10-18-14-27(15-19(18)11-17(16)13-20)31(28,29)22-7-5-6-21-23(22)25-30-24-21/h5-7,10-11,20H,3-4,8-9,12-15H2,1-2H3. The molecule has 0 fully saturated rings. The van der Waals surface area contributed by atoms with Crippen molar-refractivity contribution >= 4 is 21.1 Å². The van der Waals surface area contributed by atoms with E-state index in [9.17, 15) is 8.42 Å². The van der Waals surface area contributed by atoms with E-state index in [1.54, 1.807) is 18.2 Å². The SMILES string of the molecule is CCCN(CCC)C1Cc2cc3c(cc2C1)CN(S(=O)(=O)c1cccc2nonc12)C3. The number of fused-ring (bicyclic) bond motifs is 3. The quantitative estimate of drug-likeness (QED) is 0.559. The van der Waals surface area contributed by atoms with Crippen molar-refractivity contribution in [3.05, 3.63) is 52.6 Å². The van der Waals surface area contributed by atoms with Crippen molar-refractivity contribution in [1.29, 1.82) is 0 Å². The fourth-order valence-electron chi connectivity index (χ4n) is 5.09. The maximum atomic E-state index is 13.4. The molecular weight excluding hydrogens is 412 g/mol. The smallest absolute Gasteiger partial charge is 0.246 e. The van der Waals surface area contributed by atoms with Crippen LogP contribution < -0.4 is 0 Å². The van der Waals surface area contributed by atoms with Gasteiger partial charge in [0.05, 0.1) is 0 Å². The Morgan fingerprint density at radius 2 is 1.65 bits per heavy atom. The topological polar surface area (TPSA) is 79.5 Å². The zero-order chi connectivity index (χ0) is 21.6. The summed E-state index contributed by atoms with van der Waals surface area (Å²) in [5.74, 6) is 0. The molecule has 1 aliphatic heterocycles. The summed E-state index contributed by atoms with van der Waals surface area (Å²) in [4.78, 5) is 2.77. The van der Waals surface area contributed by atoms with Crippen LogP contribution in [-0.2, 0) is 36.0 Å². The zero-order valence-electron chi connectivity index (χ0n) is 18.0. The minimum Gasteiger partial charge on any atom is -0.300 e. The summed E-state index contributed by atoms with van der Waals surface area (Å²) in [6.45, 7) is 7.55. The summed E-state index contributed by atoms with van der Waals surface area (Å²) in [6, 6.07) is 10.0. The number of aromatic nitrogens is 2. The van der Waals surface area contributed by atoms with Crippen molar-refractivity contribution in [1.82, 2.24) is 19.5 Å². The first-order valence-corrected chi connectivity index (χ1v) is 12.5. The number of benzene rings is 2. The molecule has 0 spiro atoms. The van der Waals surface area contributed by atoms with Crippen LogP contribution in [0.4, 0.5) is 0 Å². The molecule has 8 heteroatoms. The van der Waals surface area contributed by atoms with Gasteiger partial charge in [-0.3, -0.25) is 4.90 Å². The molecule has 0 bridgehead atoms. The lowest BCUT2D eigenvalue weighted by molar-refractivity contribution is 0.202. The molecule has 2 aromatic carbocycles. The highest BCUT2D eigenvalue weighted by molar-refractivity contribution is 7.89. The van der Waals surface area contributed by atoms with Gasteiger partial charge in [-0.05, 0) is 83.5 Å². The van der Waals surface area contributed by atoms with Crippen LogP contribution in [0.25, 0.3) is 11.0 Å². The van der Waals surface area contributed by atoms with Gasteiger partial charge >= 0.3 is 0 Å². The first-order chi connectivity index (χ1) is 15.0. The number of sulfonamides is 1. The molecule has 5 rings (SSSR count). The largest absolute Gasteiger partial charge is 0.300 e. The molecule has 0 saturated heterocycles. The van der Waals surface area contributed by atoms with Gasteiger partial charge in [-0.1, -0.05) is 32.0 Å². The van der Waals surface area contributed by atoms with E-state index in [1.807, 2.05) is 0 Å². The van der Waals surface area contributed by atoms with Gasteiger partial charge in [-0.2, -0.15) is 4.31 Å². The third-order valence-corrected chi connectivity index (χ3v) is 8.35. The normalized spacial score (nSPS) is 17.0. The molecule has 0 amide bonds. The second kappa shape index (κ2) is 8.00. The van der Waals surface area contributed by atoms with Crippen molar-refractivity contribution in [2.45, 2.75) is 63.6 Å². The maximum Gasteiger partial charge on any atom is 0.246 e. The average Bonchev–Trinajstić information content (AvgIpc) is 3.48. The Balaban J connectivity index is 1.38. The fraction of sp³-hybridized carbons (Fsp3) is 0.478. The molecular formula is C23H28N4O3S. The highest BCUT2D eigenvalue weighted by atomic mass is 32.2. The van der Waals surface area contributed by atoms with Gasteiger partial charge in [0.15, 0.2) is 5.52 Å².